The van der Waals surface area contributed by atoms with Crippen LogP contribution in [0.15, 0.2) is 35.3 Å². The number of hydrogen-bond donors (Lipinski definition) is 5. The molecule has 11 heteroatoms. The van der Waals surface area contributed by atoms with Crippen molar-refractivity contribution in [1.82, 2.24) is 20.9 Å². The molecule has 2 rings (SSSR count). The summed E-state index contributed by atoms with van der Waals surface area (Å²) in [5.41, 5.74) is 11.5. The van der Waals surface area contributed by atoms with E-state index in [0.717, 1.165) is 5.56 Å². The Balaban J connectivity index is 2.06. The van der Waals surface area contributed by atoms with Gasteiger partial charge in [-0.2, -0.15) is 0 Å². The molecule has 0 unspecified atom stereocenters. The van der Waals surface area contributed by atoms with Crippen LogP contribution in [0.1, 0.15) is 38.2 Å². The molecule has 0 aliphatic carbocycles. The second kappa shape index (κ2) is 13.8. The number of nitrogens with zero attached hydrogens (tertiary/aromatic N) is 2. The second-order valence-electron chi connectivity index (χ2n) is 8.14. The number of nitrogens with one attached hydrogen (secondary N) is 3. The smallest absolute Gasteiger partial charge is 0.315 e. The minimum absolute atomic E-state index is 0.0296. The van der Waals surface area contributed by atoms with E-state index < -0.39 is 24.2 Å². The van der Waals surface area contributed by atoms with Gasteiger partial charge in [0.1, 0.15) is 18.4 Å². The van der Waals surface area contributed by atoms with Crippen LogP contribution >= 0.6 is 0 Å². The Morgan fingerprint density at radius 3 is 2.59 bits per heavy atom. The summed E-state index contributed by atoms with van der Waals surface area (Å²) in [7, 11) is 0. The Kier molecular flexibility index (Phi) is 10.8. The highest BCUT2D eigenvalue weighted by atomic mass is 16.2. The zero-order chi connectivity index (χ0) is 24.9. The normalized spacial score (nSPS) is 16.7. The number of carbonyl (C=O) groups is 4. The maximum absolute atomic E-state index is 13.4. The van der Waals surface area contributed by atoms with Crippen molar-refractivity contribution in [1.29, 1.82) is 0 Å². The summed E-state index contributed by atoms with van der Waals surface area (Å²) in [5, 5.41) is 8.10. The van der Waals surface area contributed by atoms with Gasteiger partial charge in [0, 0.05) is 26.1 Å². The van der Waals surface area contributed by atoms with Crippen molar-refractivity contribution in [3.63, 3.8) is 0 Å². The Morgan fingerprint density at radius 1 is 1.21 bits per heavy atom. The molecule has 34 heavy (non-hydrogen) atoms. The molecule has 186 valence electrons. The SMILES string of the molecule is CCNC(=O)N[C@H](Cc1ccccc1)C(=O)N1CCC[C@H]1C(=O)N[C@H](C=O)CCCN=C(N)N. The Labute approximate surface area is 199 Å². The maximum Gasteiger partial charge on any atom is 0.315 e. The van der Waals surface area contributed by atoms with Crippen molar-refractivity contribution < 1.29 is 19.2 Å². The van der Waals surface area contributed by atoms with Gasteiger partial charge < -0.3 is 37.1 Å². The molecule has 7 N–H and O–H groups in total. The molecule has 1 aromatic rings. The predicted octanol–water partition coefficient (Wildman–Crippen LogP) is -0.355. The molecule has 3 atom stereocenters. The number of guanidine groups is 1. The third-order valence-electron chi connectivity index (χ3n) is 5.52. The van der Waals surface area contributed by atoms with Crippen molar-refractivity contribution >= 4 is 30.1 Å². The maximum atomic E-state index is 13.4. The summed E-state index contributed by atoms with van der Waals surface area (Å²) in [5.74, 6) is -0.748. The van der Waals surface area contributed by atoms with Gasteiger partial charge in [-0.3, -0.25) is 14.6 Å². The molecule has 0 aromatic heterocycles. The topological polar surface area (TPSA) is 172 Å². The van der Waals surface area contributed by atoms with Crippen LogP contribution in [0.4, 0.5) is 4.79 Å². The van der Waals surface area contributed by atoms with E-state index in [-0.39, 0.29) is 17.8 Å². The van der Waals surface area contributed by atoms with Crippen LogP contribution < -0.4 is 27.4 Å². The van der Waals surface area contributed by atoms with Crippen LogP contribution in [0.3, 0.4) is 0 Å². The number of aldehydes is 1. The Bertz CT molecular complexity index is 858. The fourth-order valence-electron chi connectivity index (χ4n) is 3.90. The fourth-order valence-corrected chi connectivity index (χ4v) is 3.90. The molecule has 1 fully saturated rings. The van der Waals surface area contributed by atoms with Gasteiger partial charge in [0.15, 0.2) is 5.96 Å². The van der Waals surface area contributed by atoms with Crippen molar-refractivity contribution in [3.05, 3.63) is 35.9 Å². The lowest BCUT2D eigenvalue weighted by Gasteiger charge is -2.29. The van der Waals surface area contributed by atoms with E-state index in [4.69, 9.17) is 11.5 Å². The van der Waals surface area contributed by atoms with Gasteiger partial charge in [0.25, 0.3) is 0 Å². The van der Waals surface area contributed by atoms with Crippen LogP contribution in [0.25, 0.3) is 0 Å². The number of amides is 4. The molecule has 0 spiro atoms. The number of rotatable bonds is 12. The monoisotopic (exact) mass is 473 g/mol. The molecule has 4 amide bonds. The van der Waals surface area contributed by atoms with Crippen LogP contribution in [0, 0.1) is 0 Å². The Morgan fingerprint density at radius 2 is 1.94 bits per heavy atom. The summed E-state index contributed by atoms with van der Waals surface area (Å²) in [6.45, 7) is 2.96. The highest BCUT2D eigenvalue weighted by molar-refractivity contribution is 5.93. The first-order chi connectivity index (χ1) is 16.3. The molecular formula is C23H35N7O4. The van der Waals surface area contributed by atoms with Crippen molar-refractivity contribution in [3.8, 4) is 0 Å². The number of aliphatic imine (C=N–C) groups is 1. The van der Waals surface area contributed by atoms with Gasteiger partial charge in [-0.15, -0.1) is 0 Å². The fraction of sp³-hybridized carbons (Fsp3) is 0.522. The zero-order valence-corrected chi connectivity index (χ0v) is 19.5. The van der Waals surface area contributed by atoms with E-state index in [1.165, 1.54) is 4.90 Å². The van der Waals surface area contributed by atoms with Crippen molar-refractivity contribution in [2.45, 2.75) is 57.2 Å². The standard InChI is InChI=1S/C23H35N7O4/c1-2-26-23(34)29-18(14-16-8-4-3-5-9-16)21(33)30-13-7-11-19(30)20(32)28-17(15-31)10-6-12-27-22(24)25/h3-5,8-9,15,17-19H,2,6-7,10-14H2,1H3,(H,28,32)(H4,24,25,27)(H2,26,29,34)/t17-,18+,19-/m0/s1. The number of benzene rings is 1. The summed E-state index contributed by atoms with van der Waals surface area (Å²) in [6, 6.07) is 6.68. The average molecular weight is 474 g/mol. The largest absolute Gasteiger partial charge is 0.370 e. The molecule has 1 aliphatic heterocycles. The third-order valence-corrected chi connectivity index (χ3v) is 5.52. The zero-order valence-electron chi connectivity index (χ0n) is 19.5. The van der Waals surface area contributed by atoms with E-state index in [1.54, 1.807) is 6.92 Å². The summed E-state index contributed by atoms with van der Waals surface area (Å²) >= 11 is 0. The first kappa shape index (κ1) is 26.6. The van der Waals surface area contributed by atoms with Gasteiger partial charge in [-0.05, 0) is 38.2 Å². The molecule has 0 radical (unpaired) electrons. The van der Waals surface area contributed by atoms with Crippen molar-refractivity contribution in [2.75, 3.05) is 19.6 Å². The number of likely N-dealkylation sites (tertiary alicyclic amines) is 1. The van der Waals surface area contributed by atoms with E-state index in [2.05, 4.69) is 20.9 Å². The highest BCUT2D eigenvalue weighted by Crippen LogP contribution is 2.20. The van der Waals surface area contributed by atoms with Gasteiger partial charge in [-0.1, -0.05) is 30.3 Å². The Hall–Kier alpha value is -3.63. The molecule has 1 heterocycles. The first-order valence-corrected chi connectivity index (χ1v) is 11.6. The second-order valence-corrected chi connectivity index (χ2v) is 8.14. The summed E-state index contributed by atoms with van der Waals surface area (Å²) in [6.07, 6.45) is 3.00. The van der Waals surface area contributed by atoms with E-state index in [1.807, 2.05) is 30.3 Å². The molecule has 11 nitrogen and oxygen atoms in total. The molecule has 1 aromatic carbocycles. The van der Waals surface area contributed by atoms with Crippen LogP contribution in [-0.2, 0) is 20.8 Å². The van der Waals surface area contributed by atoms with Crippen molar-refractivity contribution in [2.24, 2.45) is 16.5 Å². The lowest BCUT2D eigenvalue weighted by atomic mass is 10.0. The number of urea groups is 1. The molecule has 1 saturated heterocycles. The lowest BCUT2D eigenvalue weighted by Crippen LogP contribution is -2.56. The van der Waals surface area contributed by atoms with E-state index >= 15 is 0 Å². The highest BCUT2D eigenvalue weighted by Gasteiger charge is 2.38. The van der Waals surface area contributed by atoms with Gasteiger partial charge in [0.05, 0.1) is 6.04 Å². The lowest BCUT2D eigenvalue weighted by molar-refractivity contribution is -0.140. The van der Waals surface area contributed by atoms with E-state index in [0.29, 0.717) is 58.0 Å². The van der Waals surface area contributed by atoms with Gasteiger partial charge in [-0.25, -0.2) is 4.79 Å². The predicted molar refractivity (Wildman–Crippen MR) is 129 cm³/mol. The molecule has 0 bridgehead atoms. The van der Waals surface area contributed by atoms with Crippen LogP contribution in [0.2, 0.25) is 0 Å². The summed E-state index contributed by atoms with van der Waals surface area (Å²) in [4.78, 5) is 55.4. The first-order valence-electron chi connectivity index (χ1n) is 11.6. The average Bonchev–Trinajstić information content (AvgIpc) is 3.31. The third kappa shape index (κ3) is 8.38. The van der Waals surface area contributed by atoms with Gasteiger partial charge in [0.2, 0.25) is 11.8 Å². The molecular weight excluding hydrogens is 438 g/mol. The van der Waals surface area contributed by atoms with Crippen LogP contribution in [-0.4, -0.2) is 72.8 Å². The molecule has 1 aliphatic rings. The number of hydrogen-bond acceptors (Lipinski definition) is 5. The minimum atomic E-state index is -0.830. The number of carbonyl (C=O) groups excluding carboxylic acids is 4. The summed E-state index contributed by atoms with van der Waals surface area (Å²) < 4.78 is 0. The van der Waals surface area contributed by atoms with E-state index in [9.17, 15) is 19.2 Å². The molecule has 0 saturated carbocycles. The van der Waals surface area contributed by atoms with Crippen LogP contribution in [0.5, 0.6) is 0 Å². The van der Waals surface area contributed by atoms with Gasteiger partial charge >= 0.3 is 6.03 Å². The minimum Gasteiger partial charge on any atom is -0.370 e. The quantitative estimate of drug-likeness (QED) is 0.120. The number of nitrogens with two attached hydrogens (primary N) is 2.